The molecule has 1 atom stereocenters. The Morgan fingerprint density at radius 3 is 2.96 bits per heavy atom. The molecule has 2 aromatic heterocycles. The van der Waals surface area contributed by atoms with Crippen LogP contribution in [0.5, 0.6) is 0 Å². The third kappa shape index (κ3) is 4.27. The third-order valence-corrected chi connectivity index (χ3v) is 5.27. The minimum Gasteiger partial charge on any atom is -0.481 e. The Morgan fingerprint density at radius 1 is 1.48 bits per heavy atom. The second-order valence-corrected chi connectivity index (χ2v) is 6.62. The second kappa shape index (κ2) is 8.69. The first-order valence-electron chi connectivity index (χ1n) is 7.54. The Balaban J connectivity index is 0.000000924. The van der Waals surface area contributed by atoms with E-state index in [9.17, 15) is 4.79 Å². The van der Waals surface area contributed by atoms with Gasteiger partial charge in [0.2, 0.25) is 0 Å². The van der Waals surface area contributed by atoms with Crippen LogP contribution in [0, 0.1) is 5.92 Å². The topological polar surface area (TPSA) is 83.3 Å². The van der Waals surface area contributed by atoms with Crippen molar-refractivity contribution in [3.8, 4) is 0 Å². The SMILES string of the molecule is CC.O=C(O)C1CCCN(Nc2ncnc3c2ccn3SI)C1. The van der Waals surface area contributed by atoms with E-state index in [2.05, 4.69) is 36.6 Å². The van der Waals surface area contributed by atoms with E-state index in [1.54, 1.807) is 9.12 Å². The number of hydrogen-bond acceptors (Lipinski definition) is 6. The molecular formula is C14H20IN5O2S. The molecule has 1 unspecified atom stereocenters. The fourth-order valence-electron chi connectivity index (χ4n) is 2.50. The number of carboxylic acid groups (broad SMARTS) is 1. The normalized spacial score (nSPS) is 18.3. The van der Waals surface area contributed by atoms with Crippen molar-refractivity contribution in [2.75, 3.05) is 18.5 Å². The van der Waals surface area contributed by atoms with Crippen LogP contribution >= 0.6 is 30.3 Å². The van der Waals surface area contributed by atoms with Crippen LogP contribution in [0.2, 0.25) is 0 Å². The molecule has 0 bridgehead atoms. The number of aromatic nitrogens is 3. The summed E-state index contributed by atoms with van der Waals surface area (Å²) in [5.74, 6) is -0.338. The van der Waals surface area contributed by atoms with Gasteiger partial charge in [0.1, 0.15) is 6.33 Å². The number of fused-ring (bicyclic) bond motifs is 1. The number of hydrazine groups is 1. The molecule has 0 radical (unpaired) electrons. The van der Waals surface area contributed by atoms with Crippen molar-refractivity contribution in [3.05, 3.63) is 18.6 Å². The van der Waals surface area contributed by atoms with Crippen LogP contribution < -0.4 is 5.43 Å². The van der Waals surface area contributed by atoms with Crippen molar-refractivity contribution in [1.29, 1.82) is 0 Å². The Labute approximate surface area is 151 Å². The molecule has 2 aromatic rings. The van der Waals surface area contributed by atoms with Gasteiger partial charge in [-0.05, 0) is 18.9 Å². The molecule has 1 aliphatic heterocycles. The summed E-state index contributed by atoms with van der Waals surface area (Å²) < 4.78 is 1.96. The van der Waals surface area contributed by atoms with Gasteiger partial charge in [0, 0.05) is 49.6 Å². The molecule has 0 aliphatic carbocycles. The lowest BCUT2D eigenvalue weighted by molar-refractivity contribution is -0.143. The van der Waals surface area contributed by atoms with E-state index in [0.29, 0.717) is 6.54 Å². The quantitative estimate of drug-likeness (QED) is 0.693. The van der Waals surface area contributed by atoms with Crippen molar-refractivity contribution >= 4 is 53.1 Å². The number of carboxylic acids is 1. The largest absolute Gasteiger partial charge is 0.481 e. The van der Waals surface area contributed by atoms with Gasteiger partial charge in [-0.15, -0.1) is 0 Å². The molecule has 7 nitrogen and oxygen atoms in total. The highest BCUT2D eigenvalue weighted by Gasteiger charge is 2.26. The number of nitrogens with one attached hydrogen (secondary N) is 1. The highest BCUT2D eigenvalue weighted by Crippen LogP contribution is 2.27. The van der Waals surface area contributed by atoms with E-state index in [1.807, 2.05) is 35.1 Å². The molecule has 1 aliphatic rings. The van der Waals surface area contributed by atoms with Gasteiger partial charge in [-0.2, -0.15) is 0 Å². The number of hydrogen-bond donors (Lipinski definition) is 2. The molecule has 0 aromatic carbocycles. The van der Waals surface area contributed by atoms with Gasteiger partial charge in [-0.25, -0.2) is 15.0 Å². The lowest BCUT2D eigenvalue weighted by Crippen LogP contribution is -2.42. The molecule has 2 N–H and O–H groups in total. The van der Waals surface area contributed by atoms with E-state index in [4.69, 9.17) is 5.11 Å². The standard InChI is InChI=1S/C12H14IN5O2S.C2H6/c13-21-18-5-3-9-10(14-7-15-11(9)18)16-17-4-1-2-8(6-17)12(19)20;1-2/h3,5,7-8H,1-2,4,6H2,(H,19,20)(H,14,15,16);1-2H3. The number of anilines is 1. The van der Waals surface area contributed by atoms with Crippen LogP contribution in [0.25, 0.3) is 11.0 Å². The van der Waals surface area contributed by atoms with Crippen molar-refractivity contribution in [2.24, 2.45) is 5.92 Å². The molecule has 1 fully saturated rings. The summed E-state index contributed by atoms with van der Waals surface area (Å²) in [5.41, 5.74) is 4.09. The summed E-state index contributed by atoms with van der Waals surface area (Å²) in [7, 11) is 1.54. The fraction of sp³-hybridized carbons (Fsp3) is 0.500. The molecule has 0 spiro atoms. The Hall–Kier alpha value is -1.07. The van der Waals surface area contributed by atoms with E-state index in [0.717, 1.165) is 36.2 Å². The van der Waals surface area contributed by atoms with E-state index in [1.165, 1.54) is 6.33 Å². The molecule has 3 heterocycles. The Bertz CT molecular complexity index is 666. The first-order chi connectivity index (χ1) is 11.2. The van der Waals surface area contributed by atoms with Crippen molar-refractivity contribution < 1.29 is 9.90 Å². The first kappa shape index (κ1) is 18.3. The smallest absolute Gasteiger partial charge is 0.307 e. The average Bonchev–Trinajstić information content (AvgIpc) is 3.01. The van der Waals surface area contributed by atoms with Gasteiger partial charge < -0.3 is 10.5 Å². The fourth-order valence-corrected chi connectivity index (χ4v) is 3.77. The maximum Gasteiger partial charge on any atom is 0.307 e. The van der Waals surface area contributed by atoms with Gasteiger partial charge >= 0.3 is 5.97 Å². The zero-order chi connectivity index (χ0) is 16.8. The van der Waals surface area contributed by atoms with Crippen LogP contribution in [-0.2, 0) is 4.79 Å². The van der Waals surface area contributed by atoms with Crippen LogP contribution in [0.3, 0.4) is 0 Å². The van der Waals surface area contributed by atoms with Crippen LogP contribution in [-0.4, -0.2) is 43.1 Å². The lowest BCUT2D eigenvalue weighted by atomic mass is 10.00. The van der Waals surface area contributed by atoms with Crippen molar-refractivity contribution in [1.82, 2.24) is 18.9 Å². The maximum atomic E-state index is 11.1. The number of piperidine rings is 1. The van der Waals surface area contributed by atoms with E-state index in [-0.39, 0.29) is 5.92 Å². The van der Waals surface area contributed by atoms with Gasteiger partial charge in [0.05, 0.1) is 11.3 Å². The number of aliphatic carboxylic acids is 1. The summed E-state index contributed by atoms with van der Waals surface area (Å²) in [6.45, 7) is 5.31. The van der Waals surface area contributed by atoms with Gasteiger partial charge in [0.25, 0.3) is 0 Å². The molecular weight excluding hydrogens is 429 g/mol. The second-order valence-electron chi connectivity index (χ2n) is 4.91. The van der Waals surface area contributed by atoms with Crippen molar-refractivity contribution in [2.45, 2.75) is 26.7 Å². The predicted molar refractivity (Wildman–Crippen MR) is 101 cm³/mol. The monoisotopic (exact) mass is 449 g/mol. The average molecular weight is 449 g/mol. The number of carbonyl (C=O) groups is 1. The highest BCUT2D eigenvalue weighted by atomic mass is 127. The van der Waals surface area contributed by atoms with Crippen LogP contribution in [0.15, 0.2) is 18.6 Å². The zero-order valence-corrected chi connectivity index (χ0v) is 16.0. The third-order valence-electron chi connectivity index (χ3n) is 3.56. The molecule has 23 heavy (non-hydrogen) atoms. The van der Waals surface area contributed by atoms with Gasteiger partial charge in [-0.3, -0.25) is 8.77 Å². The summed E-state index contributed by atoms with van der Waals surface area (Å²) in [4.78, 5) is 19.7. The van der Waals surface area contributed by atoms with Crippen LogP contribution in [0.1, 0.15) is 26.7 Å². The van der Waals surface area contributed by atoms with Gasteiger partial charge in [0.15, 0.2) is 11.5 Å². The molecule has 0 saturated carbocycles. The van der Waals surface area contributed by atoms with Crippen LogP contribution in [0.4, 0.5) is 5.82 Å². The summed E-state index contributed by atoms with van der Waals surface area (Å²) in [6, 6.07) is 1.96. The molecule has 9 heteroatoms. The minimum atomic E-state index is -0.734. The molecule has 0 amide bonds. The summed E-state index contributed by atoms with van der Waals surface area (Å²) >= 11 is 2.20. The Morgan fingerprint density at radius 2 is 2.26 bits per heavy atom. The summed E-state index contributed by atoms with van der Waals surface area (Å²) in [6.07, 6.45) is 5.06. The first-order valence-corrected chi connectivity index (χ1v) is 10.9. The maximum absolute atomic E-state index is 11.1. The predicted octanol–water partition coefficient (Wildman–Crippen LogP) is 3.43. The minimum absolute atomic E-state index is 0.321. The number of rotatable bonds is 4. The van der Waals surface area contributed by atoms with E-state index >= 15 is 0 Å². The van der Waals surface area contributed by atoms with Gasteiger partial charge in [-0.1, -0.05) is 13.8 Å². The molecule has 126 valence electrons. The number of nitrogens with zero attached hydrogens (tertiary/aromatic N) is 4. The van der Waals surface area contributed by atoms with Crippen molar-refractivity contribution in [3.63, 3.8) is 0 Å². The molecule has 3 rings (SSSR count). The molecule has 1 saturated heterocycles. The highest BCUT2D eigenvalue weighted by molar-refractivity contribution is 14.2. The lowest BCUT2D eigenvalue weighted by Gasteiger charge is -2.31. The van der Waals surface area contributed by atoms with E-state index < -0.39 is 5.97 Å². The Kier molecular flexibility index (Phi) is 6.90. The summed E-state index contributed by atoms with van der Waals surface area (Å²) in [5, 5.41) is 12.0. The number of halogens is 1. The zero-order valence-electron chi connectivity index (χ0n) is 13.1.